The van der Waals surface area contributed by atoms with Crippen LogP contribution in [0, 0.1) is 5.41 Å². The Morgan fingerprint density at radius 2 is 1.81 bits per heavy atom. The van der Waals surface area contributed by atoms with Gasteiger partial charge in [-0.05, 0) is 63.2 Å². The number of hydrogen-bond acceptors (Lipinski definition) is 2. The quantitative estimate of drug-likeness (QED) is 0.794. The zero-order chi connectivity index (χ0) is 10.8. The van der Waals surface area contributed by atoms with Crippen LogP contribution in [0.15, 0.2) is 0 Å². The minimum absolute atomic E-state index is 0.505. The van der Waals surface area contributed by atoms with Crippen LogP contribution in [0.25, 0.3) is 0 Å². The Hall–Kier alpha value is -0.0800. The molecule has 2 aliphatic carbocycles. The third-order valence-electron chi connectivity index (χ3n) is 4.91. The van der Waals surface area contributed by atoms with Crippen molar-refractivity contribution in [1.82, 2.24) is 5.32 Å². The Kier molecular flexibility index (Phi) is 3.21. The summed E-state index contributed by atoms with van der Waals surface area (Å²) in [5.41, 5.74) is 0.833. The monoisotopic (exact) mass is 223 g/mol. The summed E-state index contributed by atoms with van der Waals surface area (Å²) in [6, 6.07) is 0.789. The van der Waals surface area contributed by atoms with Gasteiger partial charge in [-0.25, -0.2) is 0 Å². The fourth-order valence-corrected chi connectivity index (χ4v) is 3.38. The molecule has 1 spiro atoms. The van der Waals surface area contributed by atoms with Gasteiger partial charge in [0.25, 0.3) is 0 Å². The van der Waals surface area contributed by atoms with Crippen molar-refractivity contribution in [3.8, 4) is 0 Å². The van der Waals surface area contributed by atoms with E-state index in [1.165, 1.54) is 57.8 Å². The van der Waals surface area contributed by atoms with Crippen molar-refractivity contribution in [2.75, 3.05) is 13.2 Å². The first-order chi connectivity index (χ1) is 7.86. The molecule has 1 aliphatic heterocycles. The molecule has 0 aromatic carbocycles. The average molecular weight is 223 g/mol. The molecule has 16 heavy (non-hydrogen) atoms. The van der Waals surface area contributed by atoms with Crippen molar-refractivity contribution in [2.24, 2.45) is 5.41 Å². The molecule has 92 valence electrons. The van der Waals surface area contributed by atoms with Crippen molar-refractivity contribution in [1.29, 1.82) is 0 Å². The summed E-state index contributed by atoms with van der Waals surface area (Å²) in [4.78, 5) is 0. The molecule has 0 radical (unpaired) electrons. The molecule has 3 rings (SSSR count). The summed E-state index contributed by atoms with van der Waals surface area (Å²) in [6.07, 6.45) is 13.2. The maximum absolute atomic E-state index is 5.76. The third-order valence-corrected chi connectivity index (χ3v) is 4.91. The molecule has 1 atom stereocenters. The summed E-state index contributed by atoms with van der Waals surface area (Å²) < 4.78 is 5.76. The normalized spacial score (nSPS) is 34.1. The van der Waals surface area contributed by atoms with Crippen LogP contribution in [0.3, 0.4) is 0 Å². The molecule has 2 heteroatoms. The van der Waals surface area contributed by atoms with Crippen LogP contribution in [0.1, 0.15) is 57.8 Å². The molecule has 0 bridgehead atoms. The smallest absolute Gasteiger partial charge is 0.0699 e. The van der Waals surface area contributed by atoms with Gasteiger partial charge in [0, 0.05) is 19.2 Å². The second-order valence-electron chi connectivity index (χ2n) is 6.17. The van der Waals surface area contributed by atoms with Crippen LogP contribution in [0.5, 0.6) is 0 Å². The van der Waals surface area contributed by atoms with Crippen LogP contribution < -0.4 is 5.32 Å². The maximum atomic E-state index is 5.76. The molecule has 3 aliphatic rings. The number of hydrogen-bond donors (Lipinski definition) is 1. The molecule has 1 saturated heterocycles. The molecule has 1 heterocycles. The van der Waals surface area contributed by atoms with Crippen molar-refractivity contribution in [3.63, 3.8) is 0 Å². The highest BCUT2D eigenvalue weighted by molar-refractivity contribution is 4.97. The Labute approximate surface area is 99.1 Å². The highest BCUT2D eigenvalue weighted by Crippen LogP contribution is 2.56. The summed E-state index contributed by atoms with van der Waals surface area (Å²) >= 11 is 0. The molecule has 0 unspecified atom stereocenters. The fourth-order valence-electron chi connectivity index (χ4n) is 3.38. The van der Waals surface area contributed by atoms with Gasteiger partial charge in [-0.15, -0.1) is 0 Å². The van der Waals surface area contributed by atoms with Crippen LogP contribution in [-0.2, 0) is 4.74 Å². The van der Waals surface area contributed by atoms with Crippen LogP contribution in [0.4, 0.5) is 0 Å². The first-order valence-corrected chi connectivity index (χ1v) is 7.21. The molecule has 0 aromatic rings. The Balaban J connectivity index is 1.35. The second kappa shape index (κ2) is 4.66. The van der Waals surface area contributed by atoms with E-state index in [1.54, 1.807) is 0 Å². The predicted molar refractivity (Wildman–Crippen MR) is 65.5 cm³/mol. The maximum Gasteiger partial charge on any atom is 0.0699 e. The second-order valence-corrected chi connectivity index (χ2v) is 6.17. The molecule has 2 nitrogen and oxygen atoms in total. The highest BCUT2D eigenvalue weighted by atomic mass is 16.5. The molecular weight excluding hydrogens is 198 g/mol. The number of ether oxygens (including phenoxy) is 1. The zero-order valence-electron chi connectivity index (χ0n) is 10.3. The largest absolute Gasteiger partial charge is 0.377 e. The first-order valence-electron chi connectivity index (χ1n) is 7.21. The van der Waals surface area contributed by atoms with Gasteiger partial charge in [-0.3, -0.25) is 0 Å². The van der Waals surface area contributed by atoms with E-state index in [-0.39, 0.29) is 0 Å². The van der Waals surface area contributed by atoms with E-state index in [4.69, 9.17) is 4.74 Å². The minimum atomic E-state index is 0.505. The van der Waals surface area contributed by atoms with Crippen LogP contribution >= 0.6 is 0 Å². The lowest BCUT2D eigenvalue weighted by Crippen LogP contribution is -2.40. The van der Waals surface area contributed by atoms with Crippen molar-refractivity contribution in [2.45, 2.75) is 69.9 Å². The average Bonchev–Trinajstić information content (AvgIpc) is 3.10. The number of rotatable bonds is 3. The van der Waals surface area contributed by atoms with E-state index < -0.39 is 0 Å². The molecule has 2 saturated carbocycles. The zero-order valence-corrected chi connectivity index (χ0v) is 10.3. The standard InChI is InChI=1S/C14H25NO/c1-2-10-16-13(3-1)11-15-12-4-6-14(7-5-12)8-9-14/h12-13,15H,1-11H2/t13-/m1/s1. The first kappa shape index (κ1) is 11.0. The van der Waals surface area contributed by atoms with Crippen molar-refractivity contribution < 1.29 is 4.74 Å². The Bertz CT molecular complexity index is 221. The van der Waals surface area contributed by atoms with Gasteiger partial charge in [0.2, 0.25) is 0 Å². The van der Waals surface area contributed by atoms with Crippen molar-refractivity contribution in [3.05, 3.63) is 0 Å². The summed E-state index contributed by atoms with van der Waals surface area (Å²) in [5.74, 6) is 0. The van der Waals surface area contributed by atoms with Gasteiger partial charge in [0.05, 0.1) is 6.10 Å². The third kappa shape index (κ3) is 2.60. The van der Waals surface area contributed by atoms with Gasteiger partial charge in [0.1, 0.15) is 0 Å². The molecule has 1 N–H and O–H groups in total. The summed E-state index contributed by atoms with van der Waals surface area (Å²) in [7, 11) is 0. The van der Waals surface area contributed by atoms with Crippen LogP contribution in [-0.4, -0.2) is 25.3 Å². The van der Waals surface area contributed by atoms with Crippen LogP contribution in [0.2, 0.25) is 0 Å². The van der Waals surface area contributed by atoms with Gasteiger partial charge >= 0.3 is 0 Å². The topological polar surface area (TPSA) is 21.3 Å². The Morgan fingerprint density at radius 3 is 2.44 bits per heavy atom. The van der Waals surface area contributed by atoms with Crippen molar-refractivity contribution >= 4 is 0 Å². The minimum Gasteiger partial charge on any atom is -0.377 e. The number of nitrogens with one attached hydrogen (secondary N) is 1. The molecule has 0 aromatic heterocycles. The summed E-state index contributed by atoms with van der Waals surface area (Å²) in [6.45, 7) is 2.08. The van der Waals surface area contributed by atoms with Gasteiger partial charge in [0.15, 0.2) is 0 Å². The van der Waals surface area contributed by atoms with E-state index >= 15 is 0 Å². The fraction of sp³-hybridized carbons (Fsp3) is 1.00. The van der Waals surface area contributed by atoms with Gasteiger partial charge in [-0.2, -0.15) is 0 Å². The molecular formula is C14H25NO. The van der Waals surface area contributed by atoms with E-state index in [0.29, 0.717) is 6.10 Å². The van der Waals surface area contributed by atoms with E-state index in [9.17, 15) is 0 Å². The summed E-state index contributed by atoms with van der Waals surface area (Å²) in [5, 5.41) is 3.73. The SMILES string of the molecule is C1CC[C@H](CNC2CCC3(CC2)CC3)OC1. The highest BCUT2D eigenvalue weighted by Gasteiger charge is 2.44. The van der Waals surface area contributed by atoms with E-state index in [2.05, 4.69) is 5.32 Å². The predicted octanol–water partition coefficient (Wildman–Crippen LogP) is 2.87. The van der Waals surface area contributed by atoms with E-state index in [1.807, 2.05) is 0 Å². The molecule has 0 amide bonds. The Morgan fingerprint density at radius 1 is 1.00 bits per heavy atom. The molecule has 3 fully saturated rings. The van der Waals surface area contributed by atoms with Gasteiger partial charge < -0.3 is 10.1 Å². The van der Waals surface area contributed by atoms with E-state index in [0.717, 1.165) is 24.6 Å². The lowest BCUT2D eigenvalue weighted by atomic mass is 9.83. The lowest BCUT2D eigenvalue weighted by Gasteiger charge is -2.31. The van der Waals surface area contributed by atoms with Gasteiger partial charge in [-0.1, -0.05) is 0 Å². The lowest BCUT2D eigenvalue weighted by molar-refractivity contribution is 0.0142.